The van der Waals surface area contributed by atoms with Gasteiger partial charge in [-0.05, 0) is 38.3 Å². The maximum absolute atomic E-state index is 13.3. The molecule has 1 aromatic rings. The van der Waals surface area contributed by atoms with Crippen LogP contribution >= 0.6 is 0 Å². The van der Waals surface area contributed by atoms with E-state index in [0.29, 0.717) is 17.9 Å². The number of unbranched alkanes of at least 4 members (excludes halogenated alkanes) is 1. The first kappa shape index (κ1) is 13.0. The summed E-state index contributed by atoms with van der Waals surface area (Å²) in [5, 5.41) is 0. The topological polar surface area (TPSA) is 35.2 Å². The molecule has 0 heterocycles. The summed E-state index contributed by atoms with van der Waals surface area (Å²) in [4.78, 5) is 0. The van der Waals surface area contributed by atoms with Gasteiger partial charge >= 0.3 is 0 Å². The highest BCUT2D eigenvalue weighted by molar-refractivity contribution is 5.42. The molecule has 90 valence electrons. The van der Waals surface area contributed by atoms with E-state index in [1.807, 2.05) is 12.1 Å². The Kier molecular flexibility index (Phi) is 5.26. The molecular weight excluding hydrogens is 205 g/mol. The van der Waals surface area contributed by atoms with Gasteiger partial charge in [0.25, 0.3) is 0 Å². The van der Waals surface area contributed by atoms with E-state index in [0.717, 1.165) is 24.8 Å². The van der Waals surface area contributed by atoms with Gasteiger partial charge in [-0.3, -0.25) is 0 Å². The zero-order valence-corrected chi connectivity index (χ0v) is 10.0. The predicted molar refractivity (Wildman–Crippen MR) is 64.5 cm³/mol. The summed E-state index contributed by atoms with van der Waals surface area (Å²) < 4.78 is 18.6. The molecule has 0 fully saturated rings. The Hall–Kier alpha value is -1.09. The van der Waals surface area contributed by atoms with Crippen LogP contribution in [0.3, 0.4) is 0 Å². The number of ether oxygens (including phenoxy) is 1. The van der Waals surface area contributed by atoms with Crippen molar-refractivity contribution in [1.82, 2.24) is 0 Å². The van der Waals surface area contributed by atoms with Crippen LogP contribution < -0.4 is 10.5 Å². The summed E-state index contributed by atoms with van der Waals surface area (Å²) in [5.74, 6) is 0.689. The van der Waals surface area contributed by atoms with E-state index in [2.05, 4.69) is 0 Å². The van der Waals surface area contributed by atoms with Crippen LogP contribution in [0.1, 0.15) is 37.1 Å². The average Bonchev–Trinajstić information content (AvgIpc) is 2.29. The number of benzene rings is 1. The second-order valence-electron chi connectivity index (χ2n) is 3.90. The monoisotopic (exact) mass is 225 g/mol. The number of aryl methyl sites for hydroxylation is 1. The van der Waals surface area contributed by atoms with E-state index in [1.54, 1.807) is 13.2 Å². The Bertz CT molecular complexity index is 326. The molecule has 1 atom stereocenters. The van der Waals surface area contributed by atoms with Crippen LogP contribution in [0.2, 0.25) is 0 Å². The van der Waals surface area contributed by atoms with Gasteiger partial charge in [0.2, 0.25) is 0 Å². The number of hydrogen-bond acceptors (Lipinski definition) is 2. The van der Waals surface area contributed by atoms with Gasteiger partial charge in [0.05, 0.1) is 7.11 Å². The molecular formula is C13H20FNO. The Balaban J connectivity index is 2.86. The molecule has 0 radical (unpaired) electrons. The van der Waals surface area contributed by atoms with Crippen molar-refractivity contribution in [1.29, 1.82) is 0 Å². The van der Waals surface area contributed by atoms with E-state index in [9.17, 15) is 4.39 Å². The standard InChI is InChI=1S/C13H20FNO/c1-10(14)12-8-5-7-11(13(12)16-2)6-3-4-9-15/h5,7-8,10H,3-4,6,9,15H2,1-2H3. The largest absolute Gasteiger partial charge is 0.496 e. The molecule has 0 aliphatic carbocycles. The van der Waals surface area contributed by atoms with Gasteiger partial charge in [-0.15, -0.1) is 0 Å². The minimum Gasteiger partial charge on any atom is -0.496 e. The predicted octanol–water partition coefficient (Wildman–Crippen LogP) is 3.01. The van der Waals surface area contributed by atoms with Crippen LogP contribution in [-0.4, -0.2) is 13.7 Å². The quantitative estimate of drug-likeness (QED) is 0.755. The van der Waals surface area contributed by atoms with Crippen LogP contribution in [-0.2, 0) is 6.42 Å². The number of alkyl halides is 1. The lowest BCUT2D eigenvalue weighted by Crippen LogP contribution is -2.01. The average molecular weight is 225 g/mol. The van der Waals surface area contributed by atoms with Crippen molar-refractivity contribution < 1.29 is 9.13 Å². The third-order valence-electron chi connectivity index (χ3n) is 2.66. The number of halogens is 1. The van der Waals surface area contributed by atoms with E-state index >= 15 is 0 Å². The Labute approximate surface area is 96.6 Å². The minimum absolute atomic E-state index is 0.632. The summed E-state index contributed by atoms with van der Waals surface area (Å²) >= 11 is 0. The molecule has 0 saturated heterocycles. The summed E-state index contributed by atoms with van der Waals surface area (Å²) in [6.45, 7) is 2.23. The third kappa shape index (κ3) is 3.20. The van der Waals surface area contributed by atoms with Crippen molar-refractivity contribution in [2.24, 2.45) is 5.73 Å². The Morgan fingerprint density at radius 3 is 2.69 bits per heavy atom. The lowest BCUT2D eigenvalue weighted by atomic mass is 10.0. The third-order valence-corrected chi connectivity index (χ3v) is 2.66. The van der Waals surface area contributed by atoms with Gasteiger partial charge in [-0.2, -0.15) is 0 Å². The van der Waals surface area contributed by atoms with Crippen molar-refractivity contribution in [3.05, 3.63) is 29.3 Å². The number of nitrogens with two attached hydrogens (primary N) is 1. The molecule has 1 aromatic carbocycles. The van der Waals surface area contributed by atoms with Gasteiger partial charge < -0.3 is 10.5 Å². The first-order valence-corrected chi connectivity index (χ1v) is 5.70. The molecule has 3 heteroatoms. The molecule has 0 spiro atoms. The van der Waals surface area contributed by atoms with E-state index in [4.69, 9.17) is 10.5 Å². The number of rotatable bonds is 6. The van der Waals surface area contributed by atoms with Crippen LogP contribution in [0, 0.1) is 0 Å². The molecule has 0 aliphatic heterocycles. The van der Waals surface area contributed by atoms with Crippen molar-refractivity contribution in [3.8, 4) is 5.75 Å². The van der Waals surface area contributed by atoms with Crippen molar-refractivity contribution >= 4 is 0 Å². The second-order valence-corrected chi connectivity index (χ2v) is 3.90. The lowest BCUT2D eigenvalue weighted by Gasteiger charge is -2.14. The highest BCUT2D eigenvalue weighted by Crippen LogP contribution is 2.31. The summed E-state index contributed by atoms with van der Waals surface area (Å²) in [6.07, 6.45) is 1.89. The fraction of sp³-hybridized carbons (Fsp3) is 0.538. The molecule has 0 saturated carbocycles. The van der Waals surface area contributed by atoms with Crippen LogP contribution in [0.5, 0.6) is 5.75 Å². The number of methoxy groups -OCH3 is 1. The Morgan fingerprint density at radius 1 is 1.38 bits per heavy atom. The van der Waals surface area contributed by atoms with E-state index < -0.39 is 6.17 Å². The zero-order chi connectivity index (χ0) is 12.0. The maximum atomic E-state index is 13.3. The van der Waals surface area contributed by atoms with Crippen molar-refractivity contribution in [2.45, 2.75) is 32.4 Å². The molecule has 0 bridgehead atoms. The number of para-hydroxylation sites is 1. The SMILES string of the molecule is COc1c(CCCCN)cccc1C(C)F. The molecule has 0 aromatic heterocycles. The van der Waals surface area contributed by atoms with Gasteiger partial charge in [0.15, 0.2) is 0 Å². The van der Waals surface area contributed by atoms with Gasteiger partial charge in [-0.1, -0.05) is 18.2 Å². The van der Waals surface area contributed by atoms with Crippen molar-refractivity contribution in [3.63, 3.8) is 0 Å². The van der Waals surface area contributed by atoms with Crippen LogP contribution in [0.4, 0.5) is 4.39 Å². The summed E-state index contributed by atoms with van der Waals surface area (Å²) in [6, 6.07) is 5.64. The van der Waals surface area contributed by atoms with Crippen molar-refractivity contribution in [2.75, 3.05) is 13.7 Å². The smallest absolute Gasteiger partial charge is 0.128 e. The first-order valence-electron chi connectivity index (χ1n) is 5.70. The van der Waals surface area contributed by atoms with Crippen LogP contribution in [0.25, 0.3) is 0 Å². The fourth-order valence-corrected chi connectivity index (χ4v) is 1.82. The highest BCUT2D eigenvalue weighted by atomic mass is 19.1. The molecule has 2 N–H and O–H groups in total. The molecule has 1 rings (SSSR count). The normalized spacial score (nSPS) is 12.5. The highest BCUT2D eigenvalue weighted by Gasteiger charge is 2.13. The molecule has 2 nitrogen and oxygen atoms in total. The maximum Gasteiger partial charge on any atom is 0.128 e. The summed E-state index contributed by atoms with van der Waals surface area (Å²) in [7, 11) is 1.59. The number of hydrogen-bond donors (Lipinski definition) is 1. The van der Waals surface area contributed by atoms with Gasteiger partial charge in [-0.25, -0.2) is 4.39 Å². The lowest BCUT2D eigenvalue weighted by molar-refractivity contribution is 0.344. The molecule has 0 aliphatic rings. The summed E-state index contributed by atoms with van der Waals surface area (Å²) in [5.41, 5.74) is 7.15. The molecule has 1 unspecified atom stereocenters. The van der Waals surface area contributed by atoms with Gasteiger partial charge in [0.1, 0.15) is 11.9 Å². The molecule has 0 amide bonds. The second kappa shape index (κ2) is 6.48. The van der Waals surface area contributed by atoms with E-state index in [1.165, 1.54) is 6.92 Å². The molecule has 16 heavy (non-hydrogen) atoms. The zero-order valence-electron chi connectivity index (χ0n) is 10.0. The fourth-order valence-electron chi connectivity index (χ4n) is 1.82. The van der Waals surface area contributed by atoms with E-state index in [-0.39, 0.29) is 0 Å². The minimum atomic E-state index is -0.996. The Morgan fingerprint density at radius 2 is 2.12 bits per heavy atom. The van der Waals surface area contributed by atoms with Gasteiger partial charge in [0, 0.05) is 5.56 Å². The van der Waals surface area contributed by atoms with Crippen LogP contribution in [0.15, 0.2) is 18.2 Å². The first-order chi connectivity index (χ1) is 7.70.